The van der Waals surface area contributed by atoms with Crippen molar-refractivity contribution in [1.82, 2.24) is 9.88 Å². The van der Waals surface area contributed by atoms with Crippen LogP contribution in [0.15, 0.2) is 18.3 Å². The second-order valence-electron chi connectivity index (χ2n) is 5.17. The molecule has 1 unspecified atom stereocenters. The first kappa shape index (κ1) is 15.6. The van der Waals surface area contributed by atoms with Crippen molar-refractivity contribution in [2.75, 3.05) is 6.54 Å². The largest absolute Gasteiger partial charge is 0.344 e. The zero-order valence-corrected chi connectivity index (χ0v) is 11.5. The first-order valence-corrected chi connectivity index (χ1v) is 6.26. The molecule has 0 aliphatic heterocycles. The molecule has 108 valence electrons. The van der Waals surface area contributed by atoms with Gasteiger partial charge in [0.2, 0.25) is 0 Å². The van der Waals surface area contributed by atoms with E-state index in [-0.39, 0.29) is 24.1 Å². The Labute approximate surface area is 112 Å². The average Bonchev–Trinajstić information content (AvgIpc) is 2.75. The molecule has 0 bridgehead atoms. The minimum absolute atomic E-state index is 0.139. The second kappa shape index (κ2) is 6.14. The van der Waals surface area contributed by atoms with E-state index in [9.17, 15) is 13.6 Å². The maximum absolute atomic E-state index is 12.4. The van der Waals surface area contributed by atoms with Gasteiger partial charge in [-0.3, -0.25) is 4.79 Å². The van der Waals surface area contributed by atoms with Crippen LogP contribution in [0.5, 0.6) is 0 Å². The number of nitrogens with two attached hydrogens (primary N) is 1. The number of nitrogens with zero attached hydrogens (tertiary/aromatic N) is 1. The number of nitrogens with one attached hydrogen (secondary N) is 1. The van der Waals surface area contributed by atoms with Gasteiger partial charge >= 0.3 is 0 Å². The summed E-state index contributed by atoms with van der Waals surface area (Å²) in [7, 11) is 0. The molecule has 0 saturated carbocycles. The minimum Gasteiger partial charge on any atom is -0.344 e. The van der Waals surface area contributed by atoms with Crippen molar-refractivity contribution in [3.63, 3.8) is 0 Å². The topological polar surface area (TPSA) is 60.0 Å². The fourth-order valence-electron chi connectivity index (χ4n) is 1.68. The van der Waals surface area contributed by atoms with Gasteiger partial charge in [-0.25, -0.2) is 8.78 Å². The number of rotatable bonds is 6. The maximum Gasteiger partial charge on any atom is 0.268 e. The van der Waals surface area contributed by atoms with Crippen LogP contribution in [0.25, 0.3) is 0 Å². The lowest BCUT2D eigenvalue weighted by atomic mass is 9.88. The van der Waals surface area contributed by atoms with E-state index in [1.807, 2.05) is 20.8 Å². The first-order chi connectivity index (χ1) is 8.80. The molecule has 0 spiro atoms. The summed E-state index contributed by atoms with van der Waals surface area (Å²) >= 11 is 0. The van der Waals surface area contributed by atoms with E-state index in [0.29, 0.717) is 0 Å². The monoisotopic (exact) mass is 273 g/mol. The molecule has 1 amide bonds. The van der Waals surface area contributed by atoms with Crippen LogP contribution in [0.1, 0.15) is 31.3 Å². The molecule has 0 radical (unpaired) electrons. The van der Waals surface area contributed by atoms with Crippen LogP contribution in [-0.2, 0) is 6.54 Å². The minimum atomic E-state index is -2.50. The standard InChI is InChI=1S/C13H21F2N3O/c1-9(2)13(3,8-16)17-12(19)10-5-4-6-18(10)7-11(14)15/h4-6,9,11H,7-8,16H2,1-3H3,(H,17,19). The lowest BCUT2D eigenvalue weighted by Crippen LogP contribution is -2.55. The molecule has 6 heteroatoms. The molecule has 0 aromatic carbocycles. The summed E-state index contributed by atoms with van der Waals surface area (Å²) in [5, 5.41) is 2.83. The van der Waals surface area contributed by atoms with Crippen LogP contribution in [0.3, 0.4) is 0 Å². The third kappa shape index (κ3) is 3.76. The van der Waals surface area contributed by atoms with Crippen LogP contribution >= 0.6 is 0 Å². The van der Waals surface area contributed by atoms with Crippen LogP contribution in [-0.4, -0.2) is 29.0 Å². The number of aromatic nitrogens is 1. The summed E-state index contributed by atoms with van der Waals surface area (Å²) < 4.78 is 26.0. The van der Waals surface area contributed by atoms with Crippen molar-refractivity contribution >= 4 is 5.91 Å². The Bertz CT molecular complexity index is 431. The lowest BCUT2D eigenvalue weighted by Gasteiger charge is -2.33. The number of alkyl halides is 2. The maximum atomic E-state index is 12.4. The smallest absolute Gasteiger partial charge is 0.268 e. The first-order valence-electron chi connectivity index (χ1n) is 6.26. The van der Waals surface area contributed by atoms with Crippen molar-refractivity contribution in [3.05, 3.63) is 24.0 Å². The number of halogens is 2. The van der Waals surface area contributed by atoms with Gasteiger partial charge in [-0.1, -0.05) is 13.8 Å². The van der Waals surface area contributed by atoms with Gasteiger partial charge in [0.15, 0.2) is 0 Å². The van der Waals surface area contributed by atoms with Crippen molar-refractivity contribution in [2.24, 2.45) is 11.7 Å². The molecule has 1 aromatic rings. The van der Waals surface area contributed by atoms with Gasteiger partial charge in [0.25, 0.3) is 12.3 Å². The lowest BCUT2D eigenvalue weighted by molar-refractivity contribution is 0.0862. The zero-order chi connectivity index (χ0) is 14.6. The number of amides is 1. The van der Waals surface area contributed by atoms with Gasteiger partial charge in [0.1, 0.15) is 5.69 Å². The van der Waals surface area contributed by atoms with E-state index >= 15 is 0 Å². The van der Waals surface area contributed by atoms with Gasteiger partial charge in [-0.05, 0) is 25.0 Å². The summed E-state index contributed by atoms with van der Waals surface area (Å²) in [5.74, 6) is -0.243. The summed E-state index contributed by atoms with van der Waals surface area (Å²) in [5.41, 5.74) is 5.35. The predicted octanol–water partition coefficient (Wildman–Crippen LogP) is 1.86. The molecule has 0 aliphatic rings. The molecule has 1 heterocycles. The summed E-state index contributed by atoms with van der Waals surface area (Å²) in [6.45, 7) is 5.54. The van der Waals surface area contributed by atoms with E-state index in [4.69, 9.17) is 5.73 Å². The Morgan fingerprint density at radius 3 is 2.63 bits per heavy atom. The SMILES string of the molecule is CC(C)C(C)(CN)NC(=O)c1cccn1CC(F)F. The van der Waals surface area contributed by atoms with Gasteiger partial charge in [0.05, 0.1) is 12.1 Å². The summed E-state index contributed by atoms with van der Waals surface area (Å²) in [6.07, 6.45) is -1.03. The van der Waals surface area contributed by atoms with Gasteiger partial charge in [-0.15, -0.1) is 0 Å². The van der Waals surface area contributed by atoms with Crippen LogP contribution in [0.2, 0.25) is 0 Å². The quantitative estimate of drug-likeness (QED) is 0.831. The third-order valence-corrected chi connectivity index (χ3v) is 3.49. The van der Waals surface area contributed by atoms with E-state index in [2.05, 4.69) is 5.32 Å². The normalized spacial score (nSPS) is 14.7. The summed E-state index contributed by atoms with van der Waals surface area (Å²) in [6, 6.07) is 3.10. The average molecular weight is 273 g/mol. The van der Waals surface area contributed by atoms with Gasteiger partial charge in [-0.2, -0.15) is 0 Å². The van der Waals surface area contributed by atoms with Crippen molar-refractivity contribution in [3.8, 4) is 0 Å². The Morgan fingerprint density at radius 2 is 2.16 bits per heavy atom. The van der Waals surface area contributed by atoms with Crippen LogP contribution in [0.4, 0.5) is 8.78 Å². The Hall–Kier alpha value is -1.43. The van der Waals surface area contributed by atoms with E-state index in [0.717, 1.165) is 0 Å². The molecule has 0 fully saturated rings. The molecule has 19 heavy (non-hydrogen) atoms. The highest BCUT2D eigenvalue weighted by atomic mass is 19.3. The van der Waals surface area contributed by atoms with Gasteiger partial charge in [0, 0.05) is 12.7 Å². The molecular weight excluding hydrogens is 252 g/mol. The number of hydrogen-bond acceptors (Lipinski definition) is 2. The van der Waals surface area contributed by atoms with E-state index in [1.165, 1.54) is 16.8 Å². The Kier molecular flexibility index (Phi) is 5.05. The fourth-order valence-corrected chi connectivity index (χ4v) is 1.68. The van der Waals surface area contributed by atoms with E-state index in [1.54, 1.807) is 6.07 Å². The molecular formula is C13H21F2N3O. The van der Waals surface area contributed by atoms with Crippen LogP contribution in [0, 0.1) is 5.92 Å². The highest BCUT2D eigenvalue weighted by Gasteiger charge is 2.29. The third-order valence-electron chi connectivity index (χ3n) is 3.49. The molecule has 0 saturated heterocycles. The highest BCUT2D eigenvalue weighted by Crippen LogP contribution is 2.16. The predicted molar refractivity (Wildman–Crippen MR) is 70.2 cm³/mol. The molecule has 1 aromatic heterocycles. The molecule has 1 atom stereocenters. The van der Waals surface area contributed by atoms with E-state index < -0.39 is 18.5 Å². The van der Waals surface area contributed by atoms with Crippen molar-refractivity contribution in [2.45, 2.75) is 39.3 Å². The number of carbonyl (C=O) groups excluding carboxylic acids is 1. The Morgan fingerprint density at radius 1 is 1.53 bits per heavy atom. The second-order valence-corrected chi connectivity index (χ2v) is 5.17. The van der Waals surface area contributed by atoms with Crippen molar-refractivity contribution < 1.29 is 13.6 Å². The zero-order valence-electron chi connectivity index (χ0n) is 11.5. The van der Waals surface area contributed by atoms with Crippen LogP contribution < -0.4 is 11.1 Å². The molecule has 0 aliphatic carbocycles. The molecule has 3 N–H and O–H groups in total. The highest BCUT2D eigenvalue weighted by molar-refractivity contribution is 5.93. The molecule has 1 rings (SSSR count). The van der Waals surface area contributed by atoms with Crippen molar-refractivity contribution in [1.29, 1.82) is 0 Å². The van der Waals surface area contributed by atoms with Gasteiger partial charge < -0.3 is 15.6 Å². The summed E-state index contributed by atoms with van der Waals surface area (Å²) in [4.78, 5) is 12.2. The fraction of sp³-hybridized carbons (Fsp3) is 0.615. The Balaban J connectivity index is 2.87. The molecule has 4 nitrogen and oxygen atoms in total. The number of carbonyl (C=O) groups is 1. The number of hydrogen-bond donors (Lipinski definition) is 2.